The second kappa shape index (κ2) is 11.7. The number of rotatable bonds is 2. The third-order valence-electron chi connectivity index (χ3n) is 8.61. The van der Waals surface area contributed by atoms with Gasteiger partial charge in [0.05, 0.1) is 22.5 Å². The van der Waals surface area contributed by atoms with Gasteiger partial charge in [0.25, 0.3) is 0 Å². The normalized spacial score (nSPS) is 12.5. The Balaban J connectivity index is 1.44. The average Bonchev–Trinajstić information content (AvgIpc) is 3.59. The van der Waals surface area contributed by atoms with Crippen LogP contribution in [-0.2, 0) is 12.4 Å². The molecule has 0 aliphatic heterocycles. The highest BCUT2D eigenvalue weighted by Gasteiger charge is 2.38. The molecular formula is C38H12F8N6. The molecule has 4 aromatic carbocycles. The fraction of sp³-hybridized carbons (Fsp3) is 0.0526. The Morgan fingerprint density at radius 3 is 1.10 bits per heavy atom. The van der Waals surface area contributed by atoms with E-state index in [1.807, 2.05) is 0 Å². The monoisotopic (exact) mass is 704 g/mol. The van der Waals surface area contributed by atoms with Crippen LogP contribution in [0.25, 0.3) is 55.9 Å². The lowest BCUT2D eigenvalue weighted by atomic mass is 9.95. The molecule has 14 heteroatoms. The van der Waals surface area contributed by atoms with Crippen molar-refractivity contribution < 1.29 is 35.1 Å². The molecular weight excluding hydrogens is 692 g/mol. The van der Waals surface area contributed by atoms with Crippen molar-refractivity contribution >= 4 is 11.1 Å². The van der Waals surface area contributed by atoms with E-state index in [-0.39, 0.29) is 67.3 Å². The highest BCUT2D eigenvalue weighted by atomic mass is 19.4. The molecule has 2 aliphatic rings. The zero-order chi connectivity index (χ0) is 37.3. The Bertz CT molecular complexity index is 2460. The van der Waals surface area contributed by atoms with Gasteiger partial charge in [-0.3, -0.25) is 0 Å². The Hall–Kier alpha value is -7.16. The third-order valence-corrected chi connectivity index (χ3v) is 8.61. The third kappa shape index (κ3) is 5.14. The fourth-order valence-electron chi connectivity index (χ4n) is 6.31. The summed E-state index contributed by atoms with van der Waals surface area (Å²) in [6.07, 6.45) is -9.97. The maximum Gasteiger partial charge on any atom is 0.419 e. The Morgan fingerprint density at radius 2 is 0.769 bits per heavy atom. The van der Waals surface area contributed by atoms with Crippen molar-refractivity contribution in [1.29, 1.82) is 21.0 Å². The Morgan fingerprint density at radius 1 is 0.442 bits per heavy atom. The molecule has 0 spiro atoms. The first-order chi connectivity index (χ1) is 24.7. The quantitative estimate of drug-likeness (QED) is 0.131. The van der Waals surface area contributed by atoms with E-state index in [2.05, 4.69) is 0 Å². The molecule has 52 heavy (non-hydrogen) atoms. The van der Waals surface area contributed by atoms with E-state index in [9.17, 15) is 56.2 Å². The summed E-state index contributed by atoms with van der Waals surface area (Å²) in [5.41, 5.74) is -2.27. The van der Waals surface area contributed by atoms with Crippen molar-refractivity contribution in [2.24, 2.45) is 0 Å². The maximum absolute atomic E-state index is 14.1. The van der Waals surface area contributed by atoms with Gasteiger partial charge in [-0.2, -0.15) is 47.4 Å². The number of allylic oxidation sites excluding steroid dienone is 2. The summed E-state index contributed by atoms with van der Waals surface area (Å²) < 4.78 is 109. The number of aromatic nitrogens is 2. The predicted octanol–water partition coefficient (Wildman–Crippen LogP) is 9.79. The molecule has 0 bridgehead atoms. The van der Waals surface area contributed by atoms with E-state index in [4.69, 9.17) is 9.97 Å². The Kier molecular flexibility index (Phi) is 7.52. The lowest BCUT2D eigenvalue weighted by molar-refractivity contribution is -0.140. The van der Waals surface area contributed by atoms with Crippen LogP contribution in [0.15, 0.2) is 83.9 Å². The lowest BCUT2D eigenvalue weighted by Gasteiger charge is -2.12. The van der Waals surface area contributed by atoms with Gasteiger partial charge in [0.1, 0.15) is 58.4 Å². The van der Waals surface area contributed by atoms with Gasteiger partial charge in [0, 0.05) is 22.3 Å². The molecule has 0 saturated heterocycles. The van der Waals surface area contributed by atoms with Crippen LogP contribution >= 0.6 is 0 Å². The average molecular weight is 705 g/mol. The standard InChI is InChI=1S/C38H12F8N6/c39-29-7-3-19(11-27(29)37(41,42)43)17-1-5-23-25(9-17)31(21(13-47)14-48)35-33(23)51-36-32(22(15-49)16-50)26-10-18(2-6-24(26)34(36)52-35)20-4-8-30(40)28(12-20)38(44,45)46/h1-12H. The molecule has 0 radical (unpaired) electrons. The minimum absolute atomic E-state index is 0.00677. The summed E-state index contributed by atoms with van der Waals surface area (Å²) in [5.74, 6) is -2.95. The first kappa shape index (κ1) is 33.3. The number of alkyl halides is 6. The van der Waals surface area contributed by atoms with Gasteiger partial charge < -0.3 is 0 Å². The number of hydrogen-bond donors (Lipinski definition) is 0. The summed E-state index contributed by atoms with van der Waals surface area (Å²) in [6.45, 7) is 0. The Labute approximate surface area is 287 Å². The highest BCUT2D eigenvalue weighted by molar-refractivity contribution is 6.07. The number of halogens is 8. The van der Waals surface area contributed by atoms with Gasteiger partial charge in [-0.25, -0.2) is 18.7 Å². The minimum Gasteiger partial charge on any atom is -0.243 e. The maximum atomic E-state index is 14.1. The summed E-state index contributed by atoms with van der Waals surface area (Å²) in [5, 5.41) is 39.7. The smallest absolute Gasteiger partial charge is 0.243 e. The molecule has 250 valence electrons. The largest absolute Gasteiger partial charge is 0.419 e. The molecule has 0 atom stereocenters. The van der Waals surface area contributed by atoms with Crippen molar-refractivity contribution in [2.75, 3.05) is 0 Å². The highest BCUT2D eigenvalue weighted by Crippen LogP contribution is 2.51. The van der Waals surface area contributed by atoms with Crippen LogP contribution in [-0.4, -0.2) is 9.97 Å². The molecule has 0 unspecified atom stereocenters. The van der Waals surface area contributed by atoms with E-state index >= 15 is 0 Å². The number of fused-ring (bicyclic) bond motifs is 6. The second-order valence-corrected chi connectivity index (χ2v) is 11.5. The molecule has 6 nitrogen and oxygen atoms in total. The van der Waals surface area contributed by atoms with Gasteiger partial charge in [-0.05, 0) is 69.8 Å². The number of hydrogen-bond acceptors (Lipinski definition) is 6. The van der Waals surface area contributed by atoms with Crippen molar-refractivity contribution in [3.05, 3.63) is 129 Å². The molecule has 5 aromatic rings. The molecule has 1 aromatic heterocycles. The first-order valence-corrected chi connectivity index (χ1v) is 14.8. The van der Waals surface area contributed by atoms with E-state index in [0.717, 1.165) is 12.1 Å². The molecule has 2 aliphatic carbocycles. The summed E-state index contributed by atoms with van der Waals surface area (Å²) in [7, 11) is 0. The number of nitriles is 4. The lowest BCUT2D eigenvalue weighted by Crippen LogP contribution is -2.08. The number of nitrogens with zero attached hydrogens (tertiary/aromatic N) is 6. The molecule has 0 N–H and O–H groups in total. The summed E-state index contributed by atoms with van der Waals surface area (Å²) in [4.78, 5) is 9.48. The van der Waals surface area contributed by atoms with Gasteiger partial charge in [-0.1, -0.05) is 36.4 Å². The fourth-order valence-corrected chi connectivity index (χ4v) is 6.31. The van der Waals surface area contributed by atoms with E-state index in [1.165, 1.54) is 36.4 Å². The van der Waals surface area contributed by atoms with E-state index < -0.39 is 46.3 Å². The SMILES string of the molecule is N#CC(C#N)=C1c2cc(-c3ccc(F)c(C(F)(F)F)c3)ccc2-c2nc3c(nc21)-c1ccc(-c2ccc(F)c(C(F)(F)F)c2)cc1C3=C(C#N)C#N. The van der Waals surface area contributed by atoms with Crippen molar-refractivity contribution in [3.63, 3.8) is 0 Å². The van der Waals surface area contributed by atoms with Gasteiger partial charge >= 0.3 is 12.4 Å². The van der Waals surface area contributed by atoms with Gasteiger partial charge in [0.2, 0.25) is 0 Å². The predicted molar refractivity (Wildman–Crippen MR) is 168 cm³/mol. The van der Waals surface area contributed by atoms with E-state index in [0.29, 0.717) is 35.4 Å². The minimum atomic E-state index is -4.99. The second-order valence-electron chi connectivity index (χ2n) is 11.5. The van der Waals surface area contributed by atoms with Crippen LogP contribution in [0.4, 0.5) is 35.1 Å². The van der Waals surface area contributed by atoms with Crippen LogP contribution in [0.5, 0.6) is 0 Å². The molecule has 0 amide bonds. The molecule has 0 fully saturated rings. The van der Waals surface area contributed by atoms with Crippen molar-refractivity contribution in [2.45, 2.75) is 12.4 Å². The van der Waals surface area contributed by atoms with Crippen LogP contribution in [0.1, 0.15) is 33.6 Å². The molecule has 1 heterocycles. The molecule has 0 saturated carbocycles. The van der Waals surface area contributed by atoms with Gasteiger partial charge in [0.15, 0.2) is 0 Å². The van der Waals surface area contributed by atoms with Crippen LogP contribution < -0.4 is 0 Å². The summed E-state index contributed by atoms with van der Waals surface area (Å²) >= 11 is 0. The zero-order valence-electron chi connectivity index (χ0n) is 25.6. The summed E-state index contributed by atoms with van der Waals surface area (Å²) in [6, 6.07) is 20.7. The first-order valence-electron chi connectivity index (χ1n) is 14.8. The zero-order valence-corrected chi connectivity index (χ0v) is 25.6. The van der Waals surface area contributed by atoms with Crippen LogP contribution in [0.2, 0.25) is 0 Å². The number of benzene rings is 4. The van der Waals surface area contributed by atoms with Crippen molar-refractivity contribution in [1.82, 2.24) is 9.97 Å². The van der Waals surface area contributed by atoms with E-state index in [1.54, 1.807) is 24.3 Å². The van der Waals surface area contributed by atoms with Crippen LogP contribution in [0, 0.1) is 57.0 Å². The van der Waals surface area contributed by atoms with Crippen LogP contribution in [0.3, 0.4) is 0 Å². The van der Waals surface area contributed by atoms with Gasteiger partial charge in [-0.15, -0.1) is 0 Å². The van der Waals surface area contributed by atoms with Crippen molar-refractivity contribution in [3.8, 4) is 69.0 Å². The topological polar surface area (TPSA) is 121 Å². The molecule has 7 rings (SSSR count).